The summed E-state index contributed by atoms with van der Waals surface area (Å²) in [5.41, 5.74) is -1.28. The summed E-state index contributed by atoms with van der Waals surface area (Å²) < 4.78 is 66.3. The summed E-state index contributed by atoms with van der Waals surface area (Å²) in [5.74, 6) is -2.83. The van der Waals surface area contributed by atoms with Crippen molar-refractivity contribution >= 4 is 6.03 Å². The van der Waals surface area contributed by atoms with Crippen LogP contribution in [0.3, 0.4) is 0 Å². The summed E-state index contributed by atoms with van der Waals surface area (Å²) in [7, 11) is 1.15. The first-order chi connectivity index (χ1) is 10.1. The van der Waals surface area contributed by atoms with Crippen molar-refractivity contribution in [3.8, 4) is 0 Å². The molecule has 0 bridgehead atoms. The van der Waals surface area contributed by atoms with Crippen LogP contribution in [0.25, 0.3) is 0 Å². The molecule has 0 aliphatic carbocycles. The van der Waals surface area contributed by atoms with E-state index in [0.717, 1.165) is 18.0 Å². The Morgan fingerprint density at radius 2 is 1.82 bits per heavy atom. The number of aliphatic hydroxyl groups is 1. The maximum Gasteiger partial charge on any atom is 0.413 e. The summed E-state index contributed by atoms with van der Waals surface area (Å²) in [6.45, 7) is 0.917. The highest BCUT2D eigenvalue weighted by Crippen LogP contribution is 2.35. The number of likely N-dealkylation sites (N-methyl/N-ethyl adjacent to an activating group) is 1. The Bertz CT molecular complexity index is 515. The van der Waals surface area contributed by atoms with Crippen LogP contribution < -0.4 is 5.32 Å². The third-order valence-corrected chi connectivity index (χ3v) is 3.13. The van der Waals surface area contributed by atoms with Gasteiger partial charge < -0.3 is 15.3 Å². The van der Waals surface area contributed by atoms with Gasteiger partial charge in [-0.25, -0.2) is 13.6 Å². The summed E-state index contributed by atoms with van der Waals surface area (Å²) in [6, 6.07) is -2.56. The van der Waals surface area contributed by atoms with Crippen LogP contribution in [0.4, 0.5) is 26.7 Å². The van der Waals surface area contributed by atoms with Gasteiger partial charge >= 0.3 is 12.2 Å². The van der Waals surface area contributed by atoms with Crippen molar-refractivity contribution in [3.63, 3.8) is 0 Å². The zero-order chi connectivity index (χ0) is 17.1. The van der Waals surface area contributed by atoms with Crippen molar-refractivity contribution in [2.45, 2.75) is 25.2 Å². The second-order valence-electron chi connectivity index (χ2n) is 4.70. The van der Waals surface area contributed by atoms with Crippen LogP contribution in [0.5, 0.6) is 0 Å². The van der Waals surface area contributed by atoms with E-state index in [-0.39, 0.29) is 0 Å². The lowest BCUT2D eigenvalue weighted by Crippen LogP contribution is -2.48. The molecule has 0 fully saturated rings. The van der Waals surface area contributed by atoms with E-state index in [1.165, 1.54) is 6.92 Å². The van der Waals surface area contributed by atoms with E-state index >= 15 is 0 Å². The number of carbonyl (C=O) groups excluding carboxylic acids is 1. The van der Waals surface area contributed by atoms with E-state index in [9.17, 15) is 26.7 Å². The number of rotatable bonds is 4. The quantitative estimate of drug-likeness (QED) is 0.836. The fraction of sp³-hybridized carbons (Fsp3) is 0.462. The van der Waals surface area contributed by atoms with Crippen molar-refractivity contribution in [1.29, 1.82) is 0 Å². The average Bonchev–Trinajstić information content (AvgIpc) is 2.43. The van der Waals surface area contributed by atoms with Crippen LogP contribution >= 0.6 is 0 Å². The number of carbonyl (C=O) groups is 1. The van der Waals surface area contributed by atoms with E-state index in [0.29, 0.717) is 12.1 Å². The highest BCUT2D eigenvalue weighted by Gasteiger charge is 2.45. The number of hydrogen-bond donors (Lipinski definition) is 2. The van der Waals surface area contributed by atoms with Gasteiger partial charge in [0.25, 0.3) is 0 Å². The number of benzene rings is 1. The molecule has 2 atom stereocenters. The maximum atomic E-state index is 13.6. The Labute approximate surface area is 123 Å². The van der Waals surface area contributed by atoms with Gasteiger partial charge in [-0.15, -0.1) is 0 Å². The van der Waals surface area contributed by atoms with Gasteiger partial charge in [0.05, 0.1) is 18.2 Å². The first-order valence-electron chi connectivity index (χ1n) is 6.24. The number of alkyl halides is 3. The Hall–Kier alpha value is -1.90. The van der Waals surface area contributed by atoms with Crippen LogP contribution in [0, 0.1) is 11.6 Å². The molecule has 0 saturated carbocycles. The molecule has 1 aromatic carbocycles. The maximum absolute atomic E-state index is 13.6. The fourth-order valence-corrected chi connectivity index (χ4v) is 1.65. The van der Waals surface area contributed by atoms with Gasteiger partial charge in [-0.3, -0.25) is 0 Å². The number of halogens is 5. The second kappa shape index (κ2) is 6.91. The zero-order valence-corrected chi connectivity index (χ0v) is 11.8. The predicted octanol–water partition coefficient (Wildman–Crippen LogP) is 2.59. The van der Waals surface area contributed by atoms with Crippen LogP contribution in [-0.2, 0) is 0 Å². The molecule has 0 aliphatic heterocycles. The van der Waals surface area contributed by atoms with Crippen molar-refractivity contribution in [1.82, 2.24) is 10.2 Å². The lowest BCUT2D eigenvalue weighted by atomic mass is 10.1. The van der Waals surface area contributed by atoms with Gasteiger partial charge in [-0.05, 0) is 19.1 Å². The largest absolute Gasteiger partial charge is 0.413 e. The number of hydrogen-bond acceptors (Lipinski definition) is 2. The molecular formula is C13H15F5N2O2. The smallest absolute Gasteiger partial charge is 0.394 e. The van der Waals surface area contributed by atoms with Crippen molar-refractivity contribution in [2.24, 2.45) is 0 Å². The Balaban J connectivity index is 3.14. The summed E-state index contributed by atoms with van der Waals surface area (Å²) in [6.07, 6.45) is -5.10. The fourth-order valence-electron chi connectivity index (χ4n) is 1.65. The van der Waals surface area contributed by atoms with E-state index in [4.69, 9.17) is 5.11 Å². The molecule has 0 radical (unpaired) electrons. The number of nitrogens with zero attached hydrogens (tertiary/aromatic N) is 1. The molecule has 22 heavy (non-hydrogen) atoms. The van der Waals surface area contributed by atoms with Crippen LogP contribution in [0.2, 0.25) is 0 Å². The lowest BCUT2D eigenvalue weighted by molar-refractivity contribution is -0.156. The predicted molar refractivity (Wildman–Crippen MR) is 68.0 cm³/mol. The van der Waals surface area contributed by atoms with Crippen molar-refractivity contribution in [3.05, 3.63) is 35.4 Å². The number of nitrogens with one attached hydrogen (secondary N) is 1. The minimum absolute atomic E-state index is 0.478. The Kier molecular flexibility index (Phi) is 5.70. The van der Waals surface area contributed by atoms with E-state index in [1.807, 2.05) is 0 Å². The van der Waals surface area contributed by atoms with E-state index < -0.39 is 48.1 Å². The summed E-state index contributed by atoms with van der Waals surface area (Å²) >= 11 is 0. The molecule has 1 aromatic rings. The van der Waals surface area contributed by atoms with Gasteiger partial charge in [-0.2, -0.15) is 13.2 Å². The highest BCUT2D eigenvalue weighted by atomic mass is 19.4. The van der Waals surface area contributed by atoms with Gasteiger partial charge in [0.2, 0.25) is 0 Å². The van der Waals surface area contributed by atoms with Crippen LogP contribution in [0.1, 0.15) is 18.5 Å². The SMILES string of the molecule is C[C@H](CO)N(C)C(=O)N[C@@H](c1c(F)cccc1F)C(F)(F)F. The van der Waals surface area contributed by atoms with Crippen LogP contribution in [-0.4, -0.2) is 41.9 Å². The summed E-state index contributed by atoms with van der Waals surface area (Å²) in [4.78, 5) is 12.6. The molecule has 0 saturated heterocycles. The first kappa shape index (κ1) is 18.1. The number of amides is 2. The molecule has 0 spiro atoms. The minimum atomic E-state index is -5.10. The standard InChI is InChI=1S/C13H15F5N2O2/c1-7(6-21)20(2)12(22)19-11(13(16,17)18)10-8(14)4-3-5-9(10)15/h3-5,7,11,21H,6H2,1-2H3,(H,19,22)/t7-,11+/m1/s1. The molecule has 1 rings (SSSR count). The molecular weight excluding hydrogens is 311 g/mol. The molecule has 4 nitrogen and oxygen atoms in total. The molecule has 9 heteroatoms. The van der Waals surface area contributed by atoms with Gasteiger partial charge in [0, 0.05) is 7.05 Å². The van der Waals surface area contributed by atoms with Crippen molar-refractivity contribution in [2.75, 3.05) is 13.7 Å². The normalized spacial score (nSPS) is 14.4. The van der Waals surface area contributed by atoms with Gasteiger partial charge in [0.1, 0.15) is 11.6 Å². The Morgan fingerprint density at radius 3 is 2.23 bits per heavy atom. The van der Waals surface area contributed by atoms with Gasteiger partial charge in [-0.1, -0.05) is 6.07 Å². The minimum Gasteiger partial charge on any atom is -0.394 e. The molecule has 0 aliphatic rings. The lowest BCUT2D eigenvalue weighted by Gasteiger charge is -2.28. The topological polar surface area (TPSA) is 52.6 Å². The monoisotopic (exact) mass is 326 g/mol. The van der Waals surface area contributed by atoms with Gasteiger partial charge in [0.15, 0.2) is 6.04 Å². The highest BCUT2D eigenvalue weighted by molar-refractivity contribution is 5.75. The zero-order valence-electron chi connectivity index (χ0n) is 11.8. The Morgan fingerprint density at radius 1 is 1.32 bits per heavy atom. The third kappa shape index (κ3) is 4.06. The molecule has 2 amide bonds. The van der Waals surface area contributed by atoms with Crippen LogP contribution in [0.15, 0.2) is 18.2 Å². The van der Waals surface area contributed by atoms with E-state index in [1.54, 1.807) is 5.32 Å². The average molecular weight is 326 g/mol. The number of urea groups is 1. The first-order valence-corrected chi connectivity index (χ1v) is 6.24. The molecule has 2 N–H and O–H groups in total. The van der Waals surface area contributed by atoms with Crippen molar-refractivity contribution < 1.29 is 31.9 Å². The summed E-state index contributed by atoms with van der Waals surface area (Å²) in [5, 5.41) is 10.4. The third-order valence-electron chi connectivity index (χ3n) is 3.13. The molecule has 0 unspecified atom stereocenters. The van der Waals surface area contributed by atoms with E-state index in [2.05, 4.69) is 0 Å². The second-order valence-corrected chi connectivity index (χ2v) is 4.70. The number of aliphatic hydroxyl groups excluding tert-OH is 1. The molecule has 0 heterocycles. The molecule has 0 aromatic heterocycles. The molecule has 124 valence electrons.